The fourth-order valence-electron chi connectivity index (χ4n) is 4.15. The lowest BCUT2D eigenvalue weighted by atomic mass is 9.91. The molecule has 0 aromatic heterocycles. The van der Waals surface area contributed by atoms with E-state index in [1.54, 1.807) is 0 Å². The molecule has 0 saturated heterocycles. The van der Waals surface area contributed by atoms with Crippen LogP contribution in [0.2, 0.25) is 0 Å². The summed E-state index contributed by atoms with van der Waals surface area (Å²) in [5.41, 5.74) is 0.605. The van der Waals surface area contributed by atoms with Gasteiger partial charge in [-0.15, -0.1) is 0 Å². The number of nitrogens with one attached hydrogen (secondary N) is 1. The molecule has 3 aliphatic rings. The summed E-state index contributed by atoms with van der Waals surface area (Å²) in [6, 6.07) is 0.854. The fourth-order valence-corrected chi connectivity index (χ4v) is 4.15. The van der Waals surface area contributed by atoms with Gasteiger partial charge in [0.2, 0.25) is 0 Å². The molecule has 1 heteroatoms. The first-order valence-electron chi connectivity index (χ1n) is 6.55. The van der Waals surface area contributed by atoms with E-state index in [4.69, 9.17) is 0 Å². The molecule has 2 bridgehead atoms. The van der Waals surface area contributed by atoms with E-state index in [0.29, 0.717) is 5.54 Å². The summed E-state index contributed by atoms with van der Waals surface area (Å²) < 4.78 is 0. The Morgan fingerprint density at radius 2 is 1.86 bits per heavy atom. The minimum Gasteiger partial charge on any atom is -0.308 e. The Morgan fingerprint density at radius 1 is 1.07 bits per heavy atom. The molecule has 0 aromatic carbocycles. The minimum atomic E-state index is 0.605. The minimum absolute atomic E-state index is 0.605. The number of fused-ring (bicyclic) bond motifs is 2. The molecule has 0 aliphatic heterocycles. The second-order valence-electron chi connectivity index (χ2n) is 6.09. The fraction of sp³-hybridized carbons (Fsp3) is 1.00. The molecule has 3 saturated carbocycles. The van der Waals surface area contributed by atoms with Crippen molar-refractivity contribution in [3.05, 3.63) is 0 Å². The monoisotopic (exact) mass is 193 g/mol. The van der Waals surface area contributed by atoms with Crippen LogP contribution in [0.3, 0.4) is 0 Å². The van der Waals surface area contributed by atoms with Gasteiger partial charge in [0.25, 0.3) is 0 Å². The maximum atomic E-state index is 4.03. The third-order valence-electron chi connectivity index (χ3n) is 5.09. The smallest absolute Gasteiger partial charge is 0.0187 e. The third kappa shape index (κ3) is 1.41. The Bertz CT molecular complexity index is 215. The van der Waals surface area contributed by atoms with Crippen molar-refractivity contribution in [1.29, 1.82) is 0 Å². The highest BCUT2D eigenvalue weighted by Gasteiger charge is 2.46. The summed E-state index contributed by atoms with van der Waals surface area (Å²) in [5.74, 6) is 2.02. The van der Waals surface area contributed by atoms with Crippen molar-refractivity contribution >= 4 is 0 Å². The maximum Gasteiger partial charge on any atom is 0.0187 e. The zero-order valence-corrected chi connectivity index (χ0v) is 9.39. The number of hydrogen-bond donors (Lipinski definition) is 1. The van der Waals surface area contributed by atoms with Crippen molar-refractivity contribution in [2.45, 2.75) is 69.9 Å². The largest absolute Gasteiger partial charge is 0.308 e. The van der Waals surface area contributed by atoms with Gasteiger partial charge in [-0.1, -0.05) is 13.3 Å². The second kappa shape index (κ2) is 3.23. The quantitative estimate of drug-likeness (QED) is 0.710. The van der Waals surface area contributed by atoms with Crippen LogP contribution in [0.1, 0.15) is 58.3 Å². The Kier molecular flexibility index (Phi) is 2.12. The summed E-state index contributed by atoms with van der Waals surface area (Å²) in [7, 11) is 0. The van der Waals surface area contributed by atoms with E-state index in [0.717, 1.165) is 17.9 Å². The highest BCUT2D eigenvalue weighted by Crippen LogP contribution is 2.48. The molecule has 14 heavy (non-hydrogen) atoms. The number of hydrogen-bond acceptors (Lipinski definition) is 1. The van der Waals surface area contributed by atoms with Crippen molar-refractivity contribution in [2.24, 2.45) is 11.8 Å². The van der Waals surface area contributed by atoms with E-state index in [1.807, 2.05) is 0 Å². The Hall–Kier alpha value is -0.0400. The van der Waals surface area contributed by atoms with Crippen LogP contribution in [0, 0.1) is 11.8 Å². The Morgan fingerprint density at radius 3 is 2.36 bits per heavy atom. The summed E-state index contributed by atoms with van der Waals surface area (Å²) >= 11 is 0. The first-order valence-corrected chi connectivity index (χ1v) is 6.55. The highest BCUT2D eigenvalue weighted by atomic mass is 15.0. The molecule has 2 unspecified atom stereocenters. The van der Waals surface area contributed by atoms with Gasteiger partial charge < -0.3 is 5.32 Å². The third-order valence-corrected chi connectivity index (χ3v) is 5.09. The summed E-state index contributed by atoms with van der Waals surface area (Å²) in [4.78, 5) is 0. The van der Waals surface area contributed by atoms with Crippen LogP contribution in [0.4, 0.5) is 0 Å². The first-order chi connectivity index (χ1) is 6.77. The lowest BCUT2D eigenvalue weighted by Gasteiger charge is -2.33. The van der Waals surface area contributed by atoms with Gasteiger partial charge in [0.15, 0.2) is 0 Å². The average Bonchev–Trinajstić information content (AvgIpc) is 2.84. The Labute approximate surface area is 87.7 Å². The van der Waals surface area contributed by atoms with Gasteiger partial charge >= 0.3 is 0 Å². The molecule has 0 spiro atoms. The van der Waals surface area contributed by atoms with Gasteiger partial charge in [-0.3, -0.25) is 0 Å². The van der Waals surface area contributed by atoms with Crippen LogP contribution in [-0.4, -0.2) is 11.6 Å². The van der Waals surface area contributed by atoms with Crippen LogP contribution in [0.5, 0.6) is 0 Å². The molecule has 0 radical (unpaired) electrons. The van der Waals surface area contributed by atoms with Crippen molar-refractivity contribution in [1.82, 2.24) is 5.32 Å². The first kappa shape index (κ1) is 9.21. The summed E-state index contributed by atoms with van der Waals surface area (Å²) in [6.45, 7) is 2.43. The van der Waals surface area contributed by atoms with Crippen molar-refractivity contribution < 1.29 is 0 Å². The molecule has 3 rings (SSSR count). The van der Waals surface area contributed by atoms with Gasteiger partial charge in [0, 0.05) is 11.6 Å². The SMILES string of the molecule is CC1CCCC1NC12CCC(CC1)C2. The molecule has 1 nitrogen and oxygen atoms in total. The lowest BCUT2D eigenvalue weighted by molar-refractivity contribution is 0.262. The molecule has 1 N–H and O–H groups in total. The van der Waals surface area contributed by atoms with Crippen molar-refractivity contribution in [2.75, 3.05) is 0 Å². The molecular weight excluding hydrogens is 170 g/mol. The molecule has 3 aliphatic carbocycles. The van der Waals surface area contributed by atoms with Gasteiger partial charge in [0.1, 0.15) is 0 Å². The van der Waals surface area contributed by atoms with E-state index in [2.05, 4.69) is 12.2 Å². The molecule has 0 amide bonds. The van der Waals surface area contributed by atoms with Crippen molar-refractivity contribution in [3.63, 3.8) is 0 Å². The lowest BCUT2D eigenvalue weighted by Crippen LogP contribution is -2.48. The molecule has 0 aromatic rings. The maximum absolute atomic E-state index is 4.03. The highest BCUT2D eigenvalue weighted by molar-refractivity contribution is 5.04. The van der Waals surface area contributed by atoms with E-state index in [-0.39, 0.29) is 0 Å². The van der Waals surface area contributed by atoms with E-state index in [9.17, 15) is 0 Å². The van der Waals surface area contributed by atoms with E-state index >= 15 is 0 Å². The van der Waals surface area contributed by atoms with Gasteiger partial charge in [0.05, 0.1) is 0 Å². The predicted molar refractivity (Wildman–Crippen MR) is 59.2 cm³/mol. The van der Waals surface area contributed by atoms with Gasteiger partial charge in [-0.2, -0.15) is 0 Å². The standard InChI is InChI=1S/C13H23N/c1-10-3-2-4-12(10)14-13-7-5-11(9-13)6-8-13/h10-12,14H,2-9H2,1H3. The zero-order chi connectivity index (χ0) is 9.60. The predicted octanol–water partition coefficient (Wildman–Crippen LogP) is 3.10. The van der Waals surface area contributed by atoms with Crippen LogP contribution in [0.25, 0.3) is 0 Å². The van der Waals surface area contributed by atoms with Gasteiger partial charge in [-0.25, -0.2) is 0 Å². The molecule has 2 atom stereocenters. The summed E-state index contributed by atoms with van der Waals surface area (Å²) in [6.07, 6.45) is 11.8. The molecular formula is C13H23N. The van der Waals surface area contributed by atoms with Crippen molar-refractivity contribution in [3.8, 4) is 0 Å². The van der Waals surface area contributed by atoms with Crippen LogP contribution in [-0.2, 0) is 0 Å². The topological polar surface area (TPSA) is 12.0 Å². The zero-order valence-electron chi connectivity index (χ0n) is 9.39. The number of rotatable bonds is 2. The van der Waals surface area contributed by atoms with Crippen LogP contribution in [0.15, 0.2) is 0 Å². The second-order valence-corrected chi connectivity index (χ2v) is 6.09. The molecule has 3 fully saturated rings. The average molecular weight is 193 g/mol. The van der Waals surface area contributed by atoms with Crippen LogP contribution < -0.4 is 5.32 Å². The molecule has 80 valence electrons. The normalized spacial score (nSPS) is 51.6. The summed E-state index contributed by atoms with van der Waals surface area (Å²) in [5, 5.41) is 4.03. The van der Waals surface area contributed by atoms with E-state index < -0.39 is 0 Å². The van der Waals surface area contributed by atoms with Crippen LogP contribution >= 0.6 is 0 Å². The Balaban J connectivity index is 1.66. The van der Waals surface area contributed by atoms with Gasteiger partial charge in [-0.05, 0) is 56.8 Å². The molecule has 0 heterocycles. The van der Waals surface area contributed by atoms with E-state index in [1.165, 1.54) is 51.4 Å².